The molecule has 0 unspecified atom stereocenters. The summed E-state index contributed by atoms with van der Waals surface area (Å²) in [6, 6.07) is 17.3. The van der Waals surface area contributed by atoms with E-state index in [0.717, 1.165) is 37.4 Å². The highest BCUT2D eigenvalue weighted by Crippen LogP contribution is 2.36. The molecule has 0 saturated carbocycles. The number of ether oxygens (including phenoxy) is 1. The number of aliphatic hydroxyl groups excluding tert-OH is 1. The van der Waals surface area contributed by atoms with E-state index in [1.807, 2.05) is 42.6 Å². The van der Waals surface area contributed by atoms with Gasteiger partial charge in [0, 0.05) is 63.8 Å². The lowest BCUT2D eigenvalue weighted by Gasteiger charge is -2.17. The van der Waals surface area contributed by atoms with Gasteiger partial charge in [-0.1, -0.05) is 34.1 Å². The van der Waals surface area contributed by atoms with Gasteiger partial charge >= 0.3 is 0 Å². The lowest BCUT2D eigenvalue weighted by molar-refractivity contribution is 0.116. The van der Waals surface area contributed by atoms with Crippen molar-refractivity contribution in [1.82, 2.24) is 14.4 Å². The van der Waals surface area contributed by atoms with Gasteiger partial charge in [0.2, 0.25) is 0 Å². The van der Waals surface area contributed by atoms with Gasteiger partial charge < -0.3 is 14.2 Å². The lowest BCUT2D eigenvalue weighted by atomic mass is 10.0. The van der Waals surface area contributed by atoms with Crippen LogP contribution in [0.2, 0.25) is 0 Å². The molecule has 1 atom stereocenters. The molecule has 6 aromatic rings. The maximum Gasteiger partial charge on any atom is 0.193 e. The number of halogens is 1. The zero-order chi connectivity index (χ0) is 23.9. The van der Waals surface area contributed by atoms with E-state index >= 15 is 0 Å². The van der Waals surface area contributed by atoms with Crippen molar-refractivity contribution in [2.45, 2.75) is 12.5 Å². The van der Waals surface area contributed by atoms with Crippen molar-refractivity contribution in [2.24, 2.45) is 0 Å². The van der Waals surface area contributed by atoms with Crippen LogP contribution in [0.5, 0.6) is 5.75 Å². The average molecular weight is 526 g/mol. The Kier molecular flexibility index (Phi) is 5.43. The molecule has 4 heterocycles. The molecule has 0 aliphatic carbocycles. The van der Waals surface area contributed by atoms with E-state index in [2.05, 4.69) is 36.4 Å². The first-order valence-electron chi connectivity index (χ1n) is 11.2. The molecule has 6 rings (SSSR count). The first kappa shape index (κ1) is 21.7. The van der Waals surface area contributed by atoms with Gasteiger partial charge in [-0.25, -0.2) is 0 Å². The fourth-order valence-corrected chi connectivity index (χ4v) is 5.03. The first-order valence-corrected chi connectivity index (χ1v) is 12.0. The molecule has 0 radical (unpaired) electrons. The van der Waals surface area contributed by atoms with E-state index < -0.39 is 6.10 Å². The van der Waals surface area contributed by atoms with Crippen molar-refractivity contribution in [3.8, 4) is 5.75 Å². The summed E-state index contributed by atoms with van der Waals surface area (Å²) in [5, 5.41) is 12.5. The fraction of sp³-hybridized carbons (Fsp3) is 0.107. The van der Waals surface area contributed by atoms with Gasteiger partial charge in [0.1, 0.15) is 11.9 Å². The molecule has 0 spiro atoms. The number of hydrogen-bond donors (Lipinski definition) is 1. The molecule has 0 amide bonds. The Morgan fingerprint density at radius 2 is 1.77 bits per heavy atom. The van der Waals surface area contributed by atoms with Gasteiger partial charge in [-0.2, -0.15) is 0 Å². The number of aliphatic hydroxyl groups is 1. The highest BCUT2D eigenvalue weighted by Gasteiger charge is 2.20. The number of hydrogen-bond acceptors (Lipinski definition) is 5. The Labute approximate surface area is 208 Å². The van der Waals surface area contributed by atoms with Gasteiger partial charge in [-0.05, 0) is 42.0 Å². The van der Waals surface area contributed by atoms with Crippen LogP contribution in [0.4, 0.5) is 0 Å². The molecule has 0 bridgehead atoms. The van der Waals surface area contributed by atoms with E-state index in [-0.39, 0.29) is 12.0 Å². The minimum atomic E-state index is -0.597. The van der Waals surface area contributed by atoms with Crippen molar-refractivity contribution in [3.63, 3.8) is 0 Å². The number of rotatable bonds is 6. The molecule has 0 saturated heterocycles. The van der Waals surface area contributed by atoms with Crippen LogP contribution in [0.3, 0.4) is 0 Å². The second-order valence-corrected chi connectivity index (χ2v) is 9.41. The number of benzene rings is 2. The SMILES string of the molecule is O=c1c(Cc2cccnc2)cn2c3cc(Br)ccc3c3cc(O[C@H](CO)c4cccnc4)cc1c32. The second-order valence-electron chi connectivity index (χ2n) is 8.50. The maximum absolute atomic E-state index is 13.7. The zero-order valence-corrected chi connectivity index (χ0v) is 20.1. The largest absolute Gasteiger partial charge is 0.483 e. The zero-order valence-electron chi connectivity index (χ0n) is 18.6. The predicted molar refractivity (Wildman–Crippen MR) is 139 cm³/mol. The van der Waals surface area contributed by atoms with Crippen LogP contribution in [0.1, 0.15) is 22.8 Å². The normalized spacial score (nSPS) is 12.5. The summed E-state index contributed by atoms with van der Waals surface area (Å²) in [5.74, 6) is 0.522. The monoisotopic (exact) mass is 525 g/mol. The van der Waals surface area contributed by atoms with Crippen LogP contribution >= 0.6 is 15.9 Å². The van der Waals surface area contributed by atoms with E-state index in [9.17, 15) is 9.90 Å². The summed E-state index contributed by atoms with van der Waals surface area (Å²) in [7, 11) is 0. The van der Waals surface area contributed by atoms with Crippen LogP contribution in [0, 0.1) is 0 Å². The van der Waals surface area contributed by atoms with E-state index in [1.165, 1.54) is 0 Å². The fourth-order valence-electron chi connectivity index (χ4n) is 4.68. The van der Waals surface area contributed by atoms with Crippen molar-refractivity contribution in [2.75, 3.05) is 6.61 Å². The molecule has 6 nitrogen and oxygen atoms in total. The summed E-state index contributed by atoms with van der Waals surface area (Å²) in [6.07, 6.45) is 8.67. The van der Waals surface area contributed by atoms with Crippen LogP contribution in [-0.2, 0) is 6.42 Å². The molecule has 1 N–H and O–H groups in total. The van der Waals surface area contributed by atoms with Crippen LogP contribution < -0.4 is 10.2 Å². The predicted octanol–water partition coefficient (Wildman–Crippen LogP) is 5.30. The Bertz CT molecular complexity index is 1720. The molecule has 172 valence electrons. The van der Waals surface area contributed by atoms with Crippen molar-refractivity contribution < 1.29 is 9.84 Å². The van der Waals surface area contributed by atoms with Gasteiger partial charge in [0.05, 0.1) is 23.0 Å². The van der Waals surface area contributed by atoms with Crippen molar-refractivity contribution >= 4 is 43.1 Å². The summed E-state index contributed by atoms with van der Waals surface area (Å²) >= 11 is 3.59. The van der Waals surface area contributed by atoms with E-state index in [4.69, 9.17) is 4.74 Å². The minimum absolute atomic E-state index is 0.0411. The first-order chi connectivity index (χ1) is 17.1. The minimum Gasteiger partial charge on any atom is -0.483 e. The number of fused-ring (bicyclic) bond motifs is 3. The Morgan fingerprint density at radius 1 is 0.971 bits per heavy atom. The molecule has 35 heavy (non-hydrogen) atoms. The van der Waals surface area contributed by atoms with Gasteiger partial charge in [0.25, 0.3) is 0 Å². The number of pyridine rings is 3. The second kappa shape index (κ2) is 8.76. The third kappa shape index (κ3) is 3.83. The average Bonchev–Trinajstić information content (AvgIpc) is 3.19. The number of nitrogens with zero attached hydrogens (tertiary/aromatic N) is 3. The molecule has 0 aliphatic rings. The summed E-state index contributed by atoms with van der Waals surface area (Å²) in [6.45, 7) is -0.214. The van der Waals surface area contributed by atoms with Crippen LogP contribution in [-0.4, -0.2) is 26.1 Å². The van der Waals surface area contributed by atoms with Crippen LogP contribution in [0.25, 0.3) is 27.2 Å². The quantitative estimate of drug-likeness (QED) is 0.319. The topological polar surface area (TPSA) is 76.7 Å². The highest BCUT2D eigenvalue weighted by atomic mass is 79.9. The maximum atomic E-state index is 13.7. The molecule has 4 aromatic heterocycles. The van der Waals surface area contributed by atoms with Gasteiger partial charge in [0.15, 0.2) is 5.43 Å². The third-order valence-corrected chi connectivity index (χ3v) is 6.77. The molecular weight excluding hydrogens is 506 g/mol. The Morgan fingerprint density at radius 3 is 2.51 bits per heavy atom. The standard InChI is InChI=1S/C28H20BrN3O3/c29-20-5-6-22-23-11-21(35-26(16-33)18-4-2-8-31-14-18)12-24-27(23)32(25(22)10-20)15-19(28(24)34)9-17-3-1-7-30-13-17/h1-8,10-15,26,33H,9,16H2/t26-/m1/s1. The molecule has 0 aliphatic heterocycles. The van der Waals surface area contributed by atoms with Crippen LogP contribution in [0.15, 0.2) is 94.8 Å². The van der Waals surface area contributed by atoms with Crippen molar-refractivity contribution in [1.29, 1.82) is 0 Å². The van der Waals surface area contributed by atoms with E-state index in [0.29, 0.717) is 23.1 Å². The molecular formula is C28H20BrN3O3. The van der Waals surface area contributed by atoms with E-state index in [1.54, 1.807) is 36.9 Å². The molecule has 7 heteroatoms. The molecule has 2 aromatic carbocycles. The molecule has 0 fully saturated rings. The summed E-state index contributed by atoms with van der Waals surface area (Å²) in [5.41, 5.74) is 4.21. The summed E-state index contributed by atoms with van der Waals surface area (Å²) in [4.78, 5) is 22.0. The summed E-state index contributed by atoms with van der Waals surface area (Å²) < 4.78 is 9.26. The highest BCUT2D eigenvalue weighted by molar-refractivity contribution is 9.10. The smallest absolute Gasteiger partial charge is 0.193 e. The van der Waals surface area contributed by atoms with Gasteiger partial charge in [-0.15, -0.1) is 0 Å². The lowest BCUT2D eigenvalue weighted by Crippen LogP contribution is -2.14. The number of aromatic nitrogens is 3. The van der Waals surface area contributed by atoms with Crippen molar-refractivity contribution in [3.05, 3.63) is 117 Å². The third-order valence-electron chi connectivity index (χ3n) is 6.27. The Balaban J connectivity index is 1.58. The Hall–Kier alpha value is -3.81. The van der Waals surface area contributed by atoms with Gasteiger partial charge in [-0.3, -0.25) is 14.8 Å².